The van der Waals surface area contributed by atoms with Gasteiger partial charge >= 0.3 is 5.97 Å². The number of aromatic nitrogens is 4. The van der Waals surface area contributed by atoms with Crippen molar-refractivity contribution in [1.29, 1.82) is 0 Å². The van der Waals surface area contributed by atoms with Gasteiger partial charge in [-0.15, -0.1) is 10.2 Å². The summed E-state index contributed by atoms with van der Waals surface area (Å²) >= 11 is 0. The highest BCUT2D eigenvalue weighted by molar-refractivity contribution is 5.73. The summed E-state index contributed by atoms with van der Waals surface area (Å²) in [6, 6.07) is -0.222. The van der Waals surface area contributed by atoms with Crippen LogP contribution in [0.25, 0.3) is 0 Å². The third kappa shape index (κ3) is 4.92. The Balaban J connectivity index is 1.45. The van der Waals surface area contributed by atoms with Crippen LogP contribution in [0.4, 0.5) is 0 Å². The fraction of sp³-hybridized carbons (Fsp3) is 0.895. The van der Waals surface area contributed by atoms with Crippen LogP contribution in [0.5, 0.6) is 0 Å². The van der Waals surface area contributed by atoms with Crippen molar-refractivity contribution in [2.45, 2.75) is 132 Å². The zero-order chi connectivity index (χ0) is 35.2. The lowest BCUT2D eigenvalue weighted by atomic mass is 9.34. The zero-order valence-electron chi connectivity index (χ0n) is 31.3. The number of hydrogen-bond donors (Lipinski definition) is 3. The quantitative estimate of drug-likeness (QED) is 0.267. The molecule has 1 saturated heterocycles. The number of aliphatic hydroxyl groups excluding tert-OH is 1. The van der Waals surface area contributed by atoms with Crippen molar-refractivity contribution in [3.05, 3.63) is 17.5 Å². The smallest absolute Gasteiger partial charge is 0.307 e. The molecule has 1 aromatic heterocycles. The molecule has 10 nitrogen and oxygen atoms in total. The van der Waals surface area contributed by atoms with E-state index in [1.165, 1.54) is 5.57 Å². The van der Waals surface area contributed by atoms with Crippen LogP contribution in [0, 0.1) is 62.6 Å². The van der Waals surface area contributed by atoms with Crippen molar-refractivity contribution < 1.29 is 24.5 Å². The number of fused-ring (bicyclic) bond motifs is 3. The molecule has 48 heavy (non-hydrogen) atoms. The summed E-state index contributed by atoms with van der Waals surface area (Å²) < 4.78 is 13.6. The molecule has 0 aromatic carbocycles. The Morgan fingerprint density at radius 1 is 1.12 bits per heavy atom. The third-order valence-corrected chi connectivity index (χ3v) is 15.9. The monoisotopic (exact) mass is 669 g/mol. The van der Waals surface area contributed by atoms with Crippen LogP contribution >= 0.6 is 0 Å². The molecule has 12 atom stereocenters. The number of carboxylic acids is 1. The molecule has 4 aliphatic carbocycles. The summed E-state index contributed by atoms with van der Waals surface area (Å²) in [4.78, 5) is 15.1. The molecule has 10 heteroatoms. The predicted molar refractivity (Wildman–Crippen MR) is 184 cm³/mol. The number of nitrogens with zero attached hydrogens (tertiary/aromatic N) is 4. The van der Waals surface area contributed by atoms with Crippen LogP contribution < -0.4 is 5.73 Å². The minimum atomic E-state index is -0.640. The van der Waals surface area contributed by atoms with Crippen LogP contribution in [-0.4, -0.2) is 67.9 Å². The zero-order valence-corrected chi connectivity index (χ0v) is 31.3. The maximum atomic E-state index is 13.4. The number of carbonyl (C=O) groups is 1. The highest BCUT2D eigenvalue weighted by Gasteiger charge is 2.72. The molecule has 4 fully saturated rings. The lowest BCUT2D eigenvalue weighted by molar-refractivity contribution is -0.254. The number of rotatable bonds is 9. The predicted octanol–water partition coefficient (Wildman–Crippen LogP) is 6.05. The molecular formula is C38H63N5O5. The number of nitrogens with two attached hydrogens (primary N) is 1. The molecule has 5 aliphatic rings. The molecule has 1 unspecified atom stereocenters. The van der Waals surface area contributed by atoms with Crippen molar-refractivity contribution in [1.82, 2.24) is 20.2 Å². The Hall–Kier alpha value is -1.88. The minimum absolute atomic E-state index is 0.166. The van der Waals surface area contributed by atoms with E-state index in [0.29, 0.717) is 43.4 Å². The van der Waals surface area contributed by atoms with Crippen molar-refractivity contribution >= 4 is 5.97 Å². The second-order valence-electron chi connectivity index (χ2n) is 18.7. The van der Waals surface area contributed by atoms with Crippen molar-refractivity contribution in [3.8, 4) is 0 Å². The molecule has 270 valence electrons. The highest BCUT2D eigenvalue weighted by atomic mass is 16.5. The van der Waals surface area contributed by atoms with Crippen LogP contribution in [-0.2, 0) is 20.9 Å². The number of tetrazole rings is 1. The topological polar surface area (TPSA) is 146 Å². The minimum Gasteiger partial charge on any atom is -0.481 e. The SMILES string of the molecule is CC(C)[C@@H](C)[C@@]1(C)CC[C@]2(C)[C@H]3CC[C@@H]4C5(COC[C@]4(C)[C@@H](OC[C@](C)(N)C(C)C)[C@H](n4nnc(CO)n4)C5)C3=CC[C@@]2(C)[C@@H]1C(=O)O. The lowest BCUT2D eigenvalue weighted by Gasteiger charge is -2.71. The Kier molecular flexibility index (Phi) is 8.86. The molecule has 4 N–H and O–H groups in total. The van der Waals surface area contributed by atoms with E-state index in [4.69, 9.17) is 15.2 Å². The van der Waals surface area contributed by atoms with Gasteiger partial charge in [-0.1, -0.05) is 74.0 Å². The number of aliphatic carboxylic acids is 1. The van der Waals surface area contributed by atoms with Gasteiger partial charge < -0.3 is 25.4 Å². The van der Waals surface area contributed by atoms with E-state index in [1.54, 1.807) is 4.80 Å². The van der Waals surface area contributed by atoms with Crippen LogP contribution in [0.2, 0.25) is 0 Å². The Morgan fingerprint density at radius 2 is 1.83 bits per heavy atom. The summed E-state index contributed by atoms with van der Waals surface area (Å²) in [7, 11) is 0. The maximum absolute atomic E-state index is 13.4. The summed E-state index contributed by atoms with van der Waals surface area (Å²) in [6.45, 7) is 23.7. The normalized spacial score (nSPS) is 44.3. The second kappa shape index (κ2) is 11.8. The number of ether oxygens (including phenoxy) is 2. The maximum Gasteiger partial charge on any atom is 0.307 e. The van der Waals surface area contributed by atoms with Gasteiger partial charge in [-0.05, 0) is 96.5 Å². The van der Waals surface area contributed by atoms with Gasteiger partial charge in [-0.3, -0.25) is 4.79 Å². The van der Waals surface area contributed by atoms with Gasteiger partial charge in [0.2, 0.25) is 0 Å². The first-order valence-electron chi connectivity index (χ1n) is 18.6. The van der Waals surface area contributed by atoms with Crippen LogP contribution in [0.15, 0.2) is 11.6 Å². The fourth-order valence-corrected chi connectivity index (χ4v) is 12.0. The molecule has 0 radical (unpaired) electrons. The number of hydrogen-bond acceptors (Lipinski definition) is 8. The first-order valence-corrected chi connectivity index (χ1v) is 18.6. The molecule has 0 spiro atoms. The summed E-state index contributed by atoms with van der Waals surface area (Å²) in [6.07, 6.45) is 7.71. The molecule has 1 aliphatic heterocycles. The Bertz CT molecular complexity index is 1430. The summed E-state index contributed by atoms with van der Waals surface area (Å²) in [5.74, 6) is 0.760. The van der Waals surface area contributed by atoms with Crippen molar-refractivity contribution in [2.75, 3.05) is 19.8 Å². The molecular weight excluding hydrogens is 606 g/mol. The van der Waals surface area contributed by atoms with Crippen molar-refractivity contribution in [3.63, 3.8) is 0 Å². The molecule has 2 heterocycles. The molecule has 6 rings (SSSR count). The van der Waals surface area contributed by atoms with E-state index >= 15 is 0 Å². The van der Waals surface area contributed by atoms with Crippen LogP contribution in [0.1, 0.15) is 120 Å². The largest absolute Gasteiger partial charge is 0.481 e. The number of carboxylic acid groups (broad SMARTS) is 1. The first-order chi connectivity index (χ1) is 22.3. The van der Waals surface area contributed by atoms with Crippen molar-refractivity contribution in [2.24, 2.45) is 68.3 Å². The van der Waals surface area contributed by atoms with E-state index in [0.717, 1.165) is 38.5 Å². The lowest BCUT2D eigenvalue weighted by Crippen LogP contribution is -2.69. The van der Waals surface area contributed by atoms with E-state index < -0.39 is 17.4 Å². The van der Waals surface area contributed by atoms with Gasteiger partial charge in [-0.2, -0.15) is 4.80 Å². The van der Waals surface area contributed by atoms with E-state index in [9.17, 15) is 15.0 Å². The summed E-state index contributed by atoms with van der Waals surface area (Å²) in [5.41, 5.74) is 6.30. The standard InChI is InChI=1S/C38H63N5O5/c1-22(2)24(5)33(6)15-16-35(8)25-11-12-28-34(7)19-47-21-38(28,26(25)13-14-36(35,9)30(33)32(45)46)17-27(43-41-29(18-44)40-42-43)31(34)48-20-37(10,39)23(3)4/h13,22-25,27-28,30-31,44H,11-12,14-21,39H2,1-10H3,(H,45,46)/t24-,25+,27-,28+,30-,31+,33-,34+,35-,36+,37+,38?/m1/s1. The number of aliphatic hydroxyl groups is 1. The second-order valence-corrected chi connectivity index (χ2v) is 18.7. The fourth-order valence-electron chi connectivity index (χ4n) is 12.0. The molecule has 0 amide bonds. The number of allylic oxidation sites excluding steroid dienone is 1. The molecule has 1 aromatic rings. The van der Waals surface area contributed by atoms with Gasteiger partial charge in [0, 0.05) is 16.4 Å². The van der Waals surface area contributed by atoms with Gasteiger partial charge in [0.15, 0.2) is 5.82 Å². The first kappa shape index (κ1) is 35.9. The Labute approximate surface area is 288 Å². The van der Waals surface area contributed by atoms with E-state index in [1.807, 2.05) is 6.92 Å². The van der Waals surface area contributed by atoms with E-state index in [2.05, 4.69) is 83.8 Å². The third-order valence-electron chi connectivity index (χ3n) is 15.9. The summed E-state index contributed by atoms with van der Waals surface area (Å²) in [5, 5.41) is 34.2. The highest BCUT2D eigenvalue weighted by Crippen LogP contribution is 2.75. The van der Waals surface area contributed by atoms with Gasteiger partial charge in [-0.25, -0.2) is 0 Å². The van der Waals surface area contributed by atoms with Gasteiger partial charge in [0.05, 0.1) is 31.8 Å². The van der Waals surface area contributed by atoms with Gasteiger partial charge in [0.1, 0.15) is 12.6 Å². The molecule has 2 bridgehead atoms. The van der Waals surface area contributed by atoms with Gasteiger partial charge in [0.25, 0.3) is 0 Å². The average molecular weight is 670 g/mol. The average Bonchev–Trinajstić information content (AvgIpc) is 3.49. The molecule has 3 saturated carbocycles. The van der Waals surface area contributed by atoms with Crippen LogP contribution in [0.3, 0.4) is 0 Å². The van der Waals surface area contributed by atoms with E-state index in [-0.39, 0.29) is 57.7 Å². The Morgan fingerprint density at radius 3 is 2.44 bits per heavy atom.